The minimum atomic E-state index is -4.49. The number of fused-ring (bicyclic) bond motifs is 3. The predicted octanol–water partition coefficient (Wildman–Crippen LogP) is 2.49. The number of hydrogen-bond donors (Lipinski definition) is 3. The lowest BCUT2D eigenvalue weighted by atomic mass is 9.84. The summed E-state index contributed by atoms with van der Waals surface area (Å²) < 4.78 is 48.7. The van der Waals surface area contributed by atoms with E-state index < -0.39 is 36.9 Å². The van der Waals surface area contributed by atoms with Gasteiger partial charge in [0.25, 0.3) is 0 Å². The molecule has 170 valence electrons. The van der Waals surface area contributed by atoms with Crippen LogP contribution in [0.3, 0.4) is 0 Å². The first-order valence-electron chi connectivity index (χ1n) is 10.4. The normalized spacial score (nSPS) is 27.1. The van der Waals surface area contributed by atoms with E-state index in [9.17, 15) is 27.9 Å². The lowest BCUT2D eigenvalue weighted by Gasteiger charge is -2.37. The minimum Gasteiger partial charge on any atom is -0.487 e. The van der Waals surface area contributed by atoms with Crippen molar-refractivity contribution in [3.63, 3.8) is 0 Å². The van der Waals surface area contributed by atoms with Crippen LogP contribution in [0.4, 0.5) is 18.9 Å². The van der Waals surface area contributed by atoms with Crippen LogP contribution in [0, 0.1) is 5.92 Å². The predicted molar refractivity (Wildman–Crippen MR) is 104 cm³/mol. The summed E-state index contributed by atoms with van der Waals surface area (Å²) in [4.78, 5) is 24.1. The quantitative estimate of drug-likeness (QED) is 0.603. The second-order valence-electron chi connectivity index (χ2n) is 8.45. The molecule has 1 saturated carbocycles. The number of aliphatic hydroxyl groups excluding tert-OH is 1. The molecule has 2 amide bonds. The van der Waals surface area contributed by atoms with E-state index in [0.29, 0.717) is 30.2 Å². The Bertz CT molecular complexity index is 843. The summed E-state index contributed by atoms with van der Waals surface area (Å²) in [6, 6.07) is 5.32. The summed E-state index contributed by atoms with van der Waals surface area (Å²) in [6.07, 6.45) is -3.56. The summed E-state index contributed by atoms with van der Waals surface area (Å²) in [5.41, 5.74) is 1.47. The number of hydrogen-bond acceptors (Lipinski definition) is 5. The molecule has 3 aliphatic rings. The maximum atomic E-state index is 12.3. The lowest BCUT2D eigenvalue weighted by molar-refractivity contribution is -0.149. The van der Waals surface area contributed by atoms with E-state index in [0.717, 1.165) is 18.4 Å². The Morgan fingerprint density at radius 3 is 2.61 bits per heavy atom. The van der Waals surface area contributed by atoms with Crippen LogP contribution in [-0.4, -0.2) is 54.6 Å². The number of alkyl halides is 3. The minimum absolute atomic E-state index is 0.0441. The molecule has 3 N–H and O–H groups in total. The third kappa shape index (κ3) is 5.48. The number of ether oxygens (including phenoxy) is 2. The molecule has 2 aliphatic heterocycles. The van der Waals surface area contributed by atoms with E-state index in [1.165, 1.54) is 0 Å². The second kappa shape index (κ2) is 8.66. The van der Waals surface area contributed by atoms with Crippen molar-refractivity contribution in [2.24, 2.45) is 5.92 Å². The fourth-order valence-corrected chi connectivity index (χ4v) is 4.24. The SMILES string of the molecule is O=C(C[C@@H]1C[C@H]2c3cc(NC(=O)CC4CC4)ccc3O[C@H]2[C@@H](CO)O1)NCC(F)(F)F. The van der Waals surface area contributed by atoms with Crippen molar-refractivity contribution >= 4 is 17.5 Å². The number of rotatable bonds is 7. The van der Waals surface area contributed by atoms with Gasteiger partial charge in [-0.2, -0.15) is 13.2 Å². The summed E-state index contributed by atoms with van der Waals surface area (Å²) >= 11 is 0. The molecule has 0 unspecified atom stereocenters. The summed E-state index contributed by atoms with van der Waals surface area (Å²) in [6.45, 7) is -1.75. The first kappa shape index (κ1) is 21.9. The highest BCUT2D eigenvalue weighted by molar-refractivity contribution is 5.91. The number of benzene rings is 1. The highest BCUT2D eigenvalue weighted by Gasteiger charge is 2.46. The van der Waals surface area contributed by atoms with Crippen LogP contribution in [0.1, 0.15) is 43.6 Å². The molecule has 31 heavy (non-hydrogen) atoms. The van der Waals surface area contributed by atoms with E-state index in [2.05, 4.69) is 5.32 Å². The van der Waals surface area contributed by atoms with Gasteiger partial charge in [-0.1, -0.05) is 0 Å². The van der Waals surface area contributed by atoms with E-state index in [4.69, 9.17) is 9.47 Å². The standard InChI is InChI=1S/C21H25F3N2O5/c22-21(23,24)10-25-18(28)8-13-7-15-14-6-12(26-19(29)5-11-1-2-11)3-4-16(14)31-20(15)17(9-27)30-13/h3-4,6,11,13,15,17,20,27H,1-2,5,7-10H2,(H,25,28)(H,26,29)/t13-,15-,17+,20+/m0/s1. The summed E-state index contributed by atoms with van der Waals surface area (Å²) in [5, 5.41) is 14.5. The Hall–Kier alpha value is -2.33. The number of halogens is 3. The smallest absolute Gasteiger partial charge is 0.405 e. The molecule has 0 bridgehead atoms. The van der Waals surface area contributed by atoms with Crippen molar-refractivity contribution in [1.82, 2.24) is 5.32 Å². The largest absolute Gasteiger partial charge is 0.487 e. The fourth-order valence-electron chi connectivity index (χ4n) is 4.24. The molecule has 1 aromatic carbocycles. The van der Waals surface area contributed by atoms with Crippen molar-refractivity contribution < 1.29 is 37.3 Å². The molecule has 4 atom stereocenters. The molecule has 0 radical (unpaired) electrons. The summed E-state index contributed by atoms with van der Waals surface area (Å²) in [7, 11) is 0. The number of amides is 2. The van der Waals surface area contributed by atoms with Crippen LogP contribution in [0.15, 0.2) is 18.2 Å². The van der Waals surface area contributed by atoms with Crippen molar-refractivity contribution in [2.45, 2.75) is 62.5 Å². The zero-order valence-electron chi connectivity index (χ0n) is 16.8. The molecule has 0 aromatic heterocycles. The van der Waals surface area contributed by atoms with E-state index in [1.807, 2.05) is 11.4 Å². The van der Waals surface area contributed by atoms with Gasteiger partial charge in [0.2, 0.25) is 11.8 Å². The van der Waals surface area contributed by atoms with Crippen LogP contribution < -0.4 is 15.4 Å². The number of carbonyl (C=O) groups excluding carboxylic acids is 2. The topological polar surface area (TPSA) is 96.9 Å². The highest BCUT2D eigenvalue weighted by atomic mass is 19.4. The Labute approximate surface area is 177 Å². The van der Waals surface area contributed by atoms with Gasteiger partial charge in [-0.05, 0) is 43.4 Å². The summed E-state index contributed by atoms with van der Waals surface area (Å²) in [5.74, 6) is 0.0586. The van der Waals surface area contributed by atoms with Crippen molar-refractivity contribution in [1.29, 1.82) is 0 Å². The monoisotopic (exact) mass is 442 g/mol. The van der Waals surface area contributed by atoms with Crippen LogP contribution in [-0.2, 0) is 14.3 Å². The molecule has 1 saturated heterocycles. The first-order chi connectivity index (χ1) is 14.7. The Morgan fingerprint density at radius 1 is 1.16 bits per heavy atom. The van der Waals surface area contributed by atoms with Crippen LogP contribution in [0.25, 0.3) is 0 Å². The molecule has 1 aliphatic carbocycles. The maximum Gasteiger partial charge on any atom is 0.405 e. The Balaban J connectivity index is 1.43. The average molecular weight is 442 g/mol. The maximum absolute atomic E-state index is 12.3. The molecule has 10 heteroatoms. The molecule has 7 nitrogen and oxygen atoms in total. The van der Waals surface area contributed by atoms with E-state index in [1.54, 1.807) is 12.1 Å². The number of aliphatic hydroxyl groups is 1. The van der Waals surface area contributed by atoms with Gasteiger partial charge in [0, 0.05) is 23.6 Å². The first-order valence-corrected chi connectivity index (χ1v) is 10.4. The number of carbonyl (C=O) groups is 2. The van der Waals surface area contributed by atoms with Crippen LogP contribution >= 0.6 is 0 Å². The van der Waals surface area contributed by atoms with Gasteiger partial charge in [-0.3, -0.25) is 9.59 Å². The van der Waals surface area contributed by atoms with E-state index in [-0.39, 0.29) is 24.9 Å². The molecule has 0 spiro atoms. The van der Waals surface area contributed by atoms with Gasteiger partial charge in [-0.25, -0.2) is 0 Å². The highest BCUT2D eigenvalue weighted by Crippen LogP contribution is 2.47. The molecular weight excluding hydrogens is 417 g/mol. The third-order valence-electron chi connectivity index (χ3n) is 5.85. The molecule has 2 heterocycles. The Kier molecular flexibility index (Phi) is 6.11. The lowest BCUT2D eigenvalue weighted by Crippen LogP contribution is -2.47. The van der Waals surface area contributed by atoms with Gasteiger partial charge in [0.15, 0.2) is 0 Å². The van der Waals surface area contributed by atoms with Gasteiger partial charge in [0.1, 0.15) is 24.5 Å². The van der Waals surface area contributed by atoms with Crippen LogP contribution in [0.2, 0.25) is 0 Å². The van der Waals surface area contributed by atoms with E-state index >= 15 is 0 Å². The number of nitrogens with one attached hydrogen (secondary N) is 2. The van der Waals surface area contributed by atoms with Crippen molar-refractivity contribution in [3.8, 4) is 5.75 Å². The number of anilines is 1. The van der Waals surface area contributed by atoms with Gasteiger partial charge in [-0.15, -0.1) is 0 Å². The molecular formula is C21H25F3N2O5. The molecule has 1 aromatic rings. The zero-order chi connectivity index (χ0) is 22.2. The second-order valence-corrected chi connectivity index (χ2v) is 8.45. The Morgan fingerprint density at radius 2 is 1.94 bits per heavy atom. The fraction of sp³-hybridized carbons (Fsp3) is 0.619. The zero-order valence-corrected chi connectivity index (χ0v) is 16.8. The van der Waals surface area contributed by atoms with Gasteiger partial charge < -0.3 is 25.2 Å². The van der Waals surface area contributed by atoms with Crippen molar-refractivity contribution in [2.75, 3.05) is 18.5 Å². The molecule has 4 rings (SSSR count). The van der Waals surface area contributed by atoms with Gasteiger partial charge >= 0.3 is 6.18 Å². The third-order valence-corrected chi connectivity index (χ3v) is 5.85. The van der Waals surface area contributed by atoms with Gasteiger partial charge in [0.05, 0.1) is 19.1 Å². The average Bonchev–Trinajstić information content (AvgIpc) is 3.44. The molecule has 2 fully saturated rings. The van der Waals surface area contributed by atoms with Crippen LogP contribution in [0.5, 0.6) is 5.75 Å². The van der Waals surface area contributed by atoms with Crippen molar-refractivity contribution in [3.05, 3.63) is 23.8 Å².